The van der Waals surface area contributed by atoms with Gasteiger partial charge >= 0.3 is 0 Å². The second kappa shape index (κ2) is 6.19. The zero-order chi connectivity index (χ0) is 11.1. The van der Waals surface area contributed by atoms with Gasteiger partial charge < -0.3 is 16.4 Å². The van der Waals surface area contributed by atoms with Crippen molar-refractivity contribution in [1.82, 2.24) is 9.97 Å². The third kappa shape index (κ3) is 4.60. The zero-order valence-electron chi connectivity index (χ0n) is 9.33. The van der Waals surface area contributed by atoms with Crippen molar-refractivity contribution in [2.45, 2.75) is 13.8 Å². The average molecular weight is 209 g/mol. The van der Waals surface area contributed by atoms with E-state index in [2.05, 4.69) is 34.4 Å². The largest absolute Gasteiger partial charge is 0.369 e. The molecule has 0 radical (unpaired) electrons. The Morgan fingerprint density at radius 1 is 1.40 bits per heavy atom. The molecule has 0 fully saturated rings. The maximum atomic E-state index is 5.39. The first kappa shape index (κ1) is 11.7. The summed E-state index contributed by atoms with van der Waals surface area (Å²) in [6, 6.07) is 1.83. The van der Waals surface area contributed by atoms with Gasteiger partial charge in [0.15, 0.2) is 0 Å². The van der Waals surface area contributed by atoms with Gasteiger partial charge in [-0.25, -0.2) is 4.98 Å². The van der Waals surface area contributed by atoms with E-state index in [-0.39, 0.29) is 0 Å². The monoisotopic (exact) mass is 209 g/mol. The molecule has 0 atom stereocenters. The normalized spacial score (nSPS) is 10.4. The molecule has 1 rings (SSSR count). The molecule has 1 heterocycles. The van der Waals surface area contributed by atoms with Crippen molar-refractivity contribution in [2.75, 3.05) is 30.3 Å². The Hall–Kier alpha value is -1.36. The van der Waals surface area contributed by atoms with Gasteiger partial charge in [0.2, 0.25) is 5.95 Å². The van der Waals surface area contributed by atoms with Gasteiger partial charge in [-0.05, 0) is 12.0 Å². The van der Waals surface area contributed by atoms with Crippen LogP contribution in [0.3, 0.4) is 0 Å². The van der Waals surface area contributed by atoms with E-state index in [9.17, 15) is 0 Å². The summed E-state index contributed by atoms with van der Waals surface area (Å²) in [6.07, 6.45) is 1.73. The van der Waals surface area contributed by atoms with Gasteiger partial charge in [0.05, 0.1) is 0 Å². The highest BCUT2D eigenvalue weighted by molar-refractivity contribution is 5.39. The van der Waals surface area contributed by atoms with E-state index in [1.165, 1.54) is 0 Å². The first-order chi connectivity index (χ1) is 7.22. The van der Waals surface area contributed by atoms with E-state index >= 15 is 0 Å². The molecule has 0 amide bonds. The van der Waals surface area contributed by atoms with E-state index in [0.29, 0.717) is 18.4 Å². The Labute approximate surface area is 90.5 Å². The number of hydrogen-bond acceptors (Lipinski definition) is 5. The van der Waals surface area contributed by atoms with Crippen LogP contribution in [-0.2, 0) is 0 Å². The fraction of sp³-hybridized carbons (Fsp3) is 0.600. The second-order valence-corrected chi connectivity index (χ2v) is 3.76. The molecule has 84 valence electrons. The van der Waals surface area contributed by atoms with Crippen molar-refractivity contribution in [3.63, 3.8) is 0 Å². The Balaban J connectivity index is 2.50. The molecule has 4 N–H and O–H groups in total. The van der Waals surface area contributed by atoms with Crippen LogP contribution in [0.15, 0.2) is 12.3 Å². The minimum atomic E-state index is 0.578. The summed E-state index contributed by atoms with van der Waals surface area (Å²) in [5, 5.41) is 6.27. The van der Waals surface area contributed by atoms with Crippen LogP contribution in [0.1, 0.15) is 13.8 Å². The van der Waals surface area contributed by atoms with E-state index in [1.54, 1.807) is 6.20 Å². The number of nitrogens with zero attached hydrogens (tertiary/aromatic N) is 2. The Morgan fingerprint density at radius 2 is 2.20 bits per heavy atom. The van der Waals surface area contributed by atoms with Crippen LogP contribution in [0.5, 0.6) is 0 Å². The van der Waals surface area contributed by atoms with Gasteiger partial charge in [0, 0.05) is 25.8 Å². The minimum Gasteiger partial charge on any atom is -0.369 e. The molecule has 0 unspecified atom stereocenters. The Bertz CT molecular complexity index is 287. The first-order valence-electron chi connectivity index (χ1n) is 5.23. The van der Waals surface area contributed by atoms with Crippen LogP contribution in [0.25, 0.3) is 0 Å². The van der Waals surface area contributed by atoms with Crippen molar-refractivity contribution < 1.29 is 0 Å². The van der Waals surface area contributed by atoms with Gasteiger partial charge in [-0.2, -0.15) is 4.98 Å². The van der Waals surface area contributed by atoms with Crippen molar-refractivity contribution in [2.24, 2.45) is 11.7 Å². The average Bonchev–Trinajstić information content (AvgIpc) is 2.24. The van der Waals surface area contributed by atoms with Crippen LogP contribution in [0.2, 0.25) is 0 Å². The fourth-order valence-corrected chi connectivity index (χ4v) is 1.04. The summed E-state index contributed by atoms with van der Waals surface area (Å²) >= 11 is 0. The summed E-state index contributed by atoms with van der Waals surface area (Å²) in [4.78, 5) is 8.42. The van der Waals surface area contributed by atoms with Crippen molar-refractivity contribution in [3.8, 4) is 0 Å². The van der Waals surface area contributed by atoms with Crippen LogP contribution in [0.4, 0.5) is 11.8 Å². The van der Waals surface area contributed by atoms with E-state index < -0.39 is 0 Å². The van der Waals surface area contributed by atoms with Crippen molar-refractivity contribution >= 4 is 11.8 Å². The first-order valence-corrected chi connectivity index (χ1v) is 5.23. The van der Waals surface area contributed by atoms with Crippen LogP contribution < -0.4 is 16.4 Å². The molecule has 0 saturated carbocycles. The number of hydrogen-bond donors (Lipinski definition) is 3. The quantitative estimate of drug-likeness (QED) is 0.649. The molecule has 0 aliphatic rings. The number of nitrogens with two attached hydrogens (primary N) is 1. The Kier molecular flexibility index (Phi) is 4.83. The predicted octanol–water partition coefficient (Wildman–Crippen LogP) is 0.915. The summed E-state index contributed by atoms with van der Waals surface area (Å²) in [7, 11) is 0. The lowest BCUT2D eigenvalue weighted by molar-refractivity contribution is 0.684. The maximum Gasteiger partial charge on any atom is 0.224 e. The van der Waals surface area contributed by atoms with Gasteiger partial charge in [-0.3, -0.25) is 0 Å². The highest BCUT2D eigenvalue weighted by Gasteiger charge is 1.99. The molecule has 1 aromatic heterocycles. The molecule has 0 aromatic carbocycles. The summed E-state index contributed by atoms with van der Waals surface area (Å²) in [5.41, 5.74) is 5.39. The van der Waals surface area contributed by atoms with E-state index in [4.69, 9.17) is 5.73 Å². The zero-order valence-corrected chi connectivity index (χ0v) is 9.33. The number of anilines is 2. The molecule has 0 aliphatic heterocycles. The molecule has 15 heavy (non-hydrogen) atoms. The highest BCUT2D eigenvalue weighted by atomic mass is 15.1. The number of nitrogens with one attached hydrogen (secondary N) is 2. The topological polar surface area (TPSA) is 75.9 Å². The molecular formula is C10H19N5. The molecule has 0 saturated heterocycles. The Morgan fingerprint density at radius 3 is 2.87 bits per heavy atom. The van der Waals surface area contributed by atoms with Gasteiger partial charge in [-0.1, -0.05) is 13.8 Å². The molecule has 5 heteroatoms. The smallest absolute Gasteiger partial charge is 0.224 e. The standard InChI is InChI=1S/C10H19N5/c1-8(2)7-14-10-13-5-3-9(15-10)12-6-4-11/h3,5,8H,4,6-7,11H2,1-2H3,(H2,12,13,14,15). The van der Waals surface area contributed by atoms with Crippen LogP contribution >= 0.6 is 0 Å². The van der Waals surface area contributed by atoms with Gasteiger partial charge in [-0.15, -0.1) is 0 Å². The van der Waals surface area contributed by atoms with Crippen molar-refractivity contribution in [1.29, 1.82) is 0 Å². The molecule has 0 bridgehead atoms. The lowest BCUT2D eigenvalue weighted by Gasteiger charge is -2.08. The lowest BCUT2D eigenvalue weighted by atomic mass is 10.2. The van der Waals surface area contributed by atoms with Crippen LogP contribution in [-0.4, -0.2) is 29.6 Å². The van der Waals surface area contributed by atoms with E-state index in [0.717, 1.165) is 18.9 Å². The molecular weight excluding hydrogens is 190 g/mol. The van der Waals surface area contributed by atoms with Gasteiger partial charge in [0.25, 0.3) is 0 Å². The van der Waals surface area contributed by atoms with Crippen molar-refractivity contribution in [3.05, 3.63) is 12.3 Å². The van der Waals surface area contributed by atoms with Crippen LogP contribution in [0, 0.1) is 5.92 Å². The predicted molar refractivity (Wildman–Crippen MR) is 62.9 cm³/mol. The fourth-order valence-electron chi connectivity index (χ4n) is 1.04. The minimum absolute atomic E-state index is 0.578. The molecule has 5 nitrogen and oxygen atoms in total. The molecule has 1 aromatic rings. The third-order valence-electron chi connectivity index (χ3n) is 1.77. The number of rotatable bonds is 6. The highest BCUT2D eigenvalue weighted by Crippen LogP contribution is 2.05. The summed E-state index contributed by atoms with van der Waals surface area (Å²) in [5.74, 6) is 2.04. The van der Waals surface area contributed by atoms with Gasteiger partial charge in [0.1, 0.15) is 5.82 Å². The molecule has 0 aliphatic carbocycles. The molecule has 0 spiro atoms. The van der Waals surface area contributed by atoms with E-state index in [1.807, 2.05) is 6.07 Å². The second-order valence-electron chi connectivity index (χ2n) is 3.76. The summed E-state index contributed by atoms with van der Waals surface area (Å²) in [6.45, 7) is 6.48. The number of aromatic nitrogens is 2. The SMILES string of the molecule is CC(C)CNc1nccc(NCCN)n1. The summed E-state index contributed by atoms with van der Waals surface area (Å²) < 4.78 is 0. The lowest BCUT2D eigenvalue weighted by Crippen LogP contribution is -2.15. The third-order valence-corrected chi connectivity index (χ3v) is 1.77. The maximum absolute atomic E-state index is 5.39.